The van der Waals surface area contributed by atoms with Crippen molar-refractivity contribution in [3.8, 4) is 0 Å². The number of ether oxygens (including phenoxy) is 1. The summed E-state index contributed by atoms with van der Waals surface area (Å²) < 4.78 is 4.73. The van der Waals surface area contributed by atoms with Gasteiger partial charge >= 0.3 is 0 Å². The van der Waals surface area contributed by atoms with Crippen molar-refractivity contribution in [3.63, 3.8) is 0 Å². The zero-order valence-electron chi connectivity index (χ0n) is 5.63. The topological polar surface area (TPSA) is 29.5 Å². The zero-order valence-corrected chi connectivity index (χ0v) is 5.63. The van der Waals surface area contributed by atoms with Crippen LogP contribution in [-0.2, 0) is 4.74 Å². The average Bonchev–Trinajstić information content (AvgIpc) is 1.85. The van der Waals surface area contributed by atoms with Crippen molar-refractivity contribution < 1.29 is 9.84 Å². The molecule has 0 atom stereocenters. The molecule has 0 radical (unpaired) electrons. The van der Waals surface area contributed by atoms with Gasteiger partial charge in [-0.05, 0) is 12.5 Å². The van der Waals surface area contributed by atoms with Crippen LogP contribution < -0.4 is 0 Å². The third-order valence-electron chi connectivity index (χ3n) is 0.728. The smallest absolute Gasteiger partial charge is 0.272 e. The van der Waals surface area contributed by atoms with E-state index in [0.29, 0.717) is 6.61 Å². The zero-order chi connectivity index (χ0) is 7.11. The van der Waals surface area contributed by atoms with E-state index in [9.17, 15) is 0 Å². The Bertz CT molecular complexity index is 105. The molecule has 0 aromatic carbocycles. The van der Waals surface area contributed by atoms with Crippen molar-refractivity contribution in [3.05, 3.63) is 24.7 Å². The second-order valence-corrected chi connectivity index (χ2v) is 1.55. The molecule has 1 N–H and O–H groups in total. The monoisotopic (exact) mass is 128 g/mol. The Balaban J connectivity index is 3.36. The third kappa shape index (κ3) is 4.94. The van der Waals surface area contributed by atoms with E-state index in [0.717, 1.165) is 6.42 Å². The minimum Gasteiger partial charge on any atom is -0.481 e. The fourth-order valence-corrected chi connectivity index (χ4v) is 0.378. The maximum Gasteiger partial charge on any atom is 0.272 e. The van der Waals surface area contributed by atoms with Crippen molar-refractivity contribution in [2.75, 3.05) is 6.61 Å². The molecule has 0 bridgehead atoms. The first-order chi connectivity index (χ1) is 4.31. The lowest BCUT2D eigenvalue weighted by molar-refractivity contribution is 0.111. The van der Waals surface area contributed by atoms with E-state index >= 15 is 0 Å². The van der Waals surface area contributed by atoms with Crippen molar-refractivity contribution in [1.29, 1.82) is 0 Å². The molecule has 0 spiro atoms. The molecule has 0 aliphatic rings. The van der Waals surface area contributed by atoms with Crippen LogP contribution in [0.4, 0.5) is 0 Å². The standard InChI is InChI=1S/C7H12O2/c1-3-5-7(8)9-6-4-2/h4-5,8H,2-3,6H2,1H3. The SMILES string of the molecule is C=CCOC(O)=CCC. The van der Waals surface area contributed by atoms with Crippen LogP contribution in [0.5, 0.6) is 0 Å². The van der Waals surface area contributed by atoms with Crippen LogP contribution in [-0.4, -0.2) is 11.7 Å². The van der Waals surface area contributed by atoms with E-state index in [-0.39, 0.29) is 5.95 Å². The van der Waals surface area contributed by atoms with Crippen LogP contribution in [0.1, 0.15) is 13.3 Å². The molecule has 0 aromatic heterocycles. The van der Waals surface area contributed by atoms with Gasteiger partial charge in [0.1, 0.15) is 6.61 Å². The quantitative estimate of drug-likeness (QED) is 0.463. The van der Waals surface area contributed by atoms with E-state index in [2.05, 4.69) is 6.58 Å². The minimum absolute atomic E-state index is 0.0163. The maximum absolute atomic E-state index is 8.77. The molecular formula is C7H12O2. The fraction of sp³-hybridized carbons (Fsp3) is 0.429. The van der Waals surface area contributed by atoms with E-state index in [4.69, 9.17) is 9.84 Å². The number of hydrogen-bond acceptors (Lipinski definition) is 2. The van der Waals surface area contributed by atoms with Gasteiger partial charge in [0.2, 0.25) is 0 Å². The van der Waals surface area contributed by atoms with E-state index in [1.165, 1.54) is 0 Å². The lowest BCUT2D eigenvalue weighted by atomic mass is 10.5. The largest absolute Gasteiger partial charge is 0.481 e. The van der Waals surface area contributed by atoms with Crippen molar-refractivity contribution in [2.24, 2.45) is 0 Å². The molecule has 0 saturated heterocycles. The molecule has 0 rings (SSSR count). The first-order valence-corrected chi connectivity index (χ1v) is 2.94. The van der Waals surface area contributed by atoms with Crippen molar-refractivity contribution in [2.45, 2.75) is 13.3 Å². The molecular weight excluding hydrogens is 116 g/mol. The van der Waals surface area contributed by atoms with Crippen LogP contribution in [0.2, 0.25) is 0 Å². The van der Waals surface area contributed by atoms with Crippen LogP contribution in [0.25, 0.3) is 0 Å². The molecule has 9 heavy (non-hydrogen) atoms. The fourth-order valence-electron chi connectivity index (χ4n) is 0.378. The predicted octanol–water partition coefficient (Wildman–Crippen LogP) is 2.00. The molecule has 0 heterocycles. The van der Waals surface area contributed by atoms with Gasteiger partial charge in [-0.25, -0.2) is 0 Å². The van der Waals surface area contributed by atoms with Gasteiger partial charge in [0.05, 0.1) is 0 Å². The lowest BCUT2D eigenvalue weighted by Crippen LogP contribution is -1.89. The van der Waals surface area contributed by atoms with Gasteiger partial charge in [-0.15, -0.1) is 0 Å². The number of allylic oxidation sites excluding steroid dienone is 1. The van der Waals surface area contributed by atoms with Gasteiger partial charge < -0.3 is 9.84 Å². The second kappa shape index (κ2) is 5.22. The van der Waals surface area contributed by atoms with E-state index in [1.807, 2.05) is 6.92 Å². The molecule has 0 saturated carbocycles. The Hall–Kier alpha value is -0.920. The molecule has 2 heteroatoms. The van der Waals surface area contributed by atoms with Gasteiger partial charge in [-0.2, -0.15) is 0 Å². The Morgan fingerprint density at radius 1 is 1.78 bits per heavy atom. The van der Waals surface area contributed by atoms with Gasteiger partial charge in [0.15, 0.2) is 0 Å². The van der Waals surface area contributed by atoms with Crippen LogP contribution in [0, 0.1) is 0 Å². The molecule has 52 valence electrons. The first kappa shape index (κ1) is 8.08. The Morgan fingerprint density at radius 2 is 2.44 bits per heavy atom. The number of aliphatic hydroxyl groups is 1. The summed E-state index contributed by atoms with van der Waals surface area (Å²) in [6.45, 7) is 5.72. The minimum atomic E-state index is -0.0163. The van der Waals surface area contributed by atoms with Gasteiger partial charge in [0, 0.05) is 0 Å². The molecule has 2 nitrogen and oxygen atoms in total. The van der Waals surface area contributed by atoms with Crippen LogP contribution in [0.3, 0.4) is 0 Å². The summed E-state index contributed by atoms with van der Waals surface area (Å²) in [6, 6.07) is 0. The second-order valence-electron chi connectivity index (χ2n) is 1.55. The predicted molar refractivity (Wildman–Crippen MR) is 37.2 cm³/mol. The van der Waals surface area contributed by atoms with E-state index < -0.39 is 0 Å². The Kier molecular flexibility index (Phi) is 4.69. The summed E-state index contributed by atoms with van der Waals surface area (Å²) in [6.07, 6.45) is 3.96. The number of aliphatic hydroxyl groups excluding tert-OH is 1. The molecule has 0 aliphatic heterocycles. The highest BCUT2D eigenvalue weighted by Gasteiger charge is 1.85. The number of hydrogen-bond donors (Lipinski definition) is 1. The average molecular weight is 128 g/mol. The molecule has 0 unspecified atom stereocenters. The Labute approximate surface area is 55.5 Å². The highest BCUT2D eigenvalue weighted by molar-refractivity contribution is 4.81. The normalized spacial score (nSPS) is 11.0. The maximum atomic E-state index is 8.77. The molecule has 0 aliphatic carbocycles. The van der Waals surface area contributed by atoms with E-state index in [1.54, 1.807) is 12.2 Å². The number of rotatable bonds is 4. The van der Waals surface area contributed by atoms with Crippen molar-refractivity contribution >= 4 is 0 Å². The van der Waals surface area contributed by atoms with Crippen LogP contribution in [0.15, 0.2) is 24.7 Å². The summed E-state index contributed by atoms with van der Waals surface area (Å²) >= 11 is 0. The summed E-state index contributed by atoms with van der Waals surface area (Å²) in [5.41, 5.74) is 0. The third-order valence-corrected chi connectivity index (χ3v) is 0.728. The van der Waals surface area contributed by atoms with Gasteiger partial charge in [-0.3, -0.25) is 0 Å². The summed E-state index contributed by atoms with van der Waals surface area (Å²) in [7, 11) is 0. The van der Waals surface area contributed by atoms with Gasteiger partial charge in [-0.1, -0.05) is 19.6 Å². The molecule has 0 amide bonds. The summed E-state index contributed by atoms with van der Waals surface area (Å²) in [5.74, 6) is -0.0163. The van der Waals surface area contributed by atoms with Gasteiger partial charge in [0.25, 0.3) is 5.95 Å². The Morgan fingerprint density at radius 3 is 2.89 bits per heavy atom. The summed E-state index contributed by atoms with van der Waals surface area (Å²) in [4.78, 5) is 0. The van der Waals surface area contributed by atoms with Crippen LogP contribution >= 0.6 is 0 Å². The molecule has 0 aromatic rings. The lowest BCUT2D eigenvalue weighted by Gasteiger charge is -1.98. The highest BCUT2D eigenvalue weighted by atomic mass is 16.6. The summed E-state index contributed by atoms with van der Waals surface area (Å²) in [5, 5.41) is 8.77. The highest BCUT2D eigenvalue weighted by Crippen LogP contribution is 1.92. The molecule has 0 fully saturated rings. The first-order valence-electron chi connectivity index (χ1n) is 2.94. The van der Waals surface area contributed by atoms with Crippen molar-refractivity contribution in [1.82, 2.24) is 0 Å².